The van der Waals surface area contributed by atoms with Crippen LogP contribution in [0.4, 0.5) is 0 Å². The second-order valence-electron chi connectivity index (χ2n) is 6.72. The molecule has 0 atom stereocenters. The molecular formula is C25H23BrO5. The Bertz CT molecular complexity index is 1030. The van der Waals surface area contributed by atoms with E-state index in [4.69, 9.17) is 14.2 Å². The van der Waals surface area contributed by atoms with Gasteiger partial charge in [0.1, 0.15) is 17.1 Å². The first-order valence-corrected chi connectivity index (χ1v) is 10.8. The molecule has 160 valence electrons. The van der Waals surface area contributed by atoms with Crippen LogP contribution in [0.2, 0.25) is 0 Å². The van der Waals surface area contributed by atoms with Crippen molar-refractivity contribution in [3.05, 3.63) is 94.0 Å². The molecule has 0 aliphatic carbocycles. The molecular weight excluding hydrogens is 460 g/mol. The minimum atomic E-state index is -0.571. The van der Waals surface area contributed by atoms with Gasteiger partial charge >= 0.3 is 11.9 Å². The smallest absolute Gasteiger partial charge is 0.347 e. The highest BCUT2D eigenvalue weighted by molar-refractivity contribution is 9.10. The number of carbonyl (C=O) groups is 2. The normalized spacial score (nSPS) is 10.4. The van der Waals surface area contributed by atoms with Crippen LogP contribution in [0.5, 0.6) is 11.5 Å². The Kier molecular flexibility index (Phi) is 8.24. The number of ether oxygens (including phenoxy) is 3. The summed E-state index contributed by atoms with van der Waals surface area (Å²) in [4.78, 5) is 25.0. The summed E-state index contributed by atoms with van der Waals surface area (Å²) in [5.41, 5.74) is 1.82. The van der Waals surface area contributed by atoms with E-state index in [0.29, 0.717) is 30.1 Å². The van der Waals surface area contributed by atoms with Crippen molar-refractivity contribution < 1.29 is 23.8 Å². The zero-order valence-electron chi connectivity index (χ0n) is 17.2. The second-order valence-corrected chi connectivity index (χ2v) is 7.63. The van der Waals surface area contributed by atoms with E-state index in [2.05, 4.69) is 15.9 Å². The molecule has 31 heavy (non-hydrogen) atoms. The number of rotatable bonds is 9. The van der Waals surface area contributed by atoms with Gasteiger partial charge in [-0.3, -0.25) is 0 Å². The van der Waals surface area contributed by atoms with Gasteiger partial charge in [0.15, 0.2) is 0 Å². The number of aryl methyl sites for hydroxylation is 1. The Morgan fingerprint density at radius 2 is 1.71 bits per heavy atom. The lowest BCUT2D eigenvalue weighted by Crippen LogP contribution is -2.12. The Morgan fingerprint density at radius 1 is 0.903 bits per heavy atom. The molecule has 5 nitrogen and oxygen atoms in total. The van der Waals surface area contributed by atoms with Crippen molar-refractivity contribution in [2.75, 3.05) is 13.2 Å². The van der Waals surface area contributed by atoms with Gasteiger partial charge < -0.3 is 14.2 Å². The summed E-state index contributed by atoms with van der Waals surface area (Å²) in [5, 5.41) is 0. The molecule has 0 saturated heterocycles. The molecule has 0 heterocycles. The number of hydrogen-bond acceptors (Lipinski definition) is 5. The second kappa shape index (κ2) is 11.3. The first-order chi connectivity index (χ1) is 15.1. The third kappa shape index (κ3) is 6.69. The van der Waals surface area contributed by atoms with E-state index in [0.717, 1.165) is 17.3 Å². The summed E-state index contributed by atoms with van der Waals surface area (Å²) < 4.78 is 17.1. The molecule has 0 saturated carbocycles. The molecule has 0 aliphatic rings. The summed E-state index contributed by atoms with van der Waals surface area (Å²) >= 11 is 3.35. The minimum Gasteiger partial charge on any atom is -0.493 e. The first-order valence-electron chi connectivity index (χ1n) is 10.0. The fourth-order valence-electron chi connectivity index (χ4n) is 2.96. The zero-order chi connectivity index (χ0) is 22.1. The fraction of sp³-hybridized carbons (Fsp3) is 0.200. The summed E-state index contributed by atoms with van der Waals surface area (Å²) in [6.07, 6.45) is 1.56. The zero-order valence-corrected chi connectivity index (χ0v) is 18.8. The van der Waals surface area contributed by atoms with Gasteiger partial charge in [-0.05, 0) is 61.7 Å². The van der Waals surface area contributed by atoms with Gasteiger partial charge in [0.05, 0.1) is 18.8 Å². The van der Waals surface area contributed by atoms with E-state index in [-0.39, 0.29) is 5.75 Å². The molecule has 0 bridgehead atoms. The largest absolute Gasteiger partial charge is 0.493 e. The standard InChI is InChI=1S/C25H23BrO5/c1-2-29-23-14-13-20(26)17-22(23)25(28)31-21-12-6-11-19(16-21)24(27)30-15-7-10-18-8-4-3-5-9-18/h3-6,8-9,11-14,16-17H,2,7,10,15H2,1H3. The molecule has 0 amide bonds. The molecule has 0 aliphatic heterocycles. The van der Waals surface area contributed by atoms with Gasteiger partial charge in [-0.25, -0.2) is 9.59 Å². The van der Waals surface area contributed by atoms with Gasteiger partial charge in [0.2, 0.25) is 0 Å². The molecule has 0 spiro atoms. The van der Waals surface area contributed by atoms with Crippen LogP contribution in [0.3, 0.4) is 0 Å². The third-order valence-corrected chi connectivity index (χ3v) is 4.92. The molecule has 0 fully saturated rings. The fourth-order valence-corrected chi connectivity index (χ4v) is 3.32. The summed E-state index contributed by atoms with van der Waals surface area (Å²) in [6, 6.07) is 21.5. The van der Waals surface area contributed by atoms with Crippen LogP contribution in [0.15, 0.2) is 77.3 Å². The van der Waals surface area contributed by atoms with E-state index in [1.165, 1.54) is 11.6 Å². The van der Waals surface area contributed by atoms with Crippen molar-refractivity contribution in [2.45, 2.75) is 19.8 Å². The van der Waals surface area contributed by atoms with Gasteiger partial charge in [-0.15, -0.1) is 0 Å². The Labute approximate surface area is 190 Å². The van der Waals surface area contributed by atoms with Crippen molar-refractivity contribution in [1.29, 1.82) is 0 Å². The highest BCUT2D eigenvalue weighted by atomic mass is 79.9. The van der Waals surface area contributed by atoms with Crippen molar-refractivity contribution in [2.24, 2.45) is 0 Å². The number of carbonyl (C=O) groups excluding carboxylic acids is 2. The summed E-state index contributed by atoms with van der Waals surface area (Å²) in [6.45, 7) is 2.58. The highest BCUT2D eigenvalue weighted by Crippen LogP contribution is 2.25. The van der Waals surface area contributed by atoms with Crippen LogP contribution in [0.1, 0.15) is 39.6 Å². The Balaban J connectivity index is 1.59. The van der Waals surface area contributed by atoms with Crippen LogP contribution in [0.25, 0.3) is 0 Å². The van der Waals surface area contributed by atoms with Crippen LogP contribution < -0.4 is 9.47 Å². The number of halogens is 1. The number of benzene rings is 3. The monoisotopic (exact) mass is 482 g/mol. The average Bonchev–Trinajstić information content (AvgIpc) is 2.78. The molecule has 3 aromatic rings. The molecule has 0 N–H and O–H groups in total. The molecule has 6 heteroatoms. The quantitative estimate of drug-likeness (QED) is 0.217. The van der Waals surface area contributed by atoms with Crippen molar-refractivity contribution in [1.82, 2.24) is 0 Å². The average molecular weight is 483 g/mol. The van der Waals surface area contributed by atoms with Crippen LogP contribution in [0, 0.1) is 0 Å². The van der Waals surface area contributed by atoms with Gasteiger partial charge in [0.25, 0.3) is 0 Å². The topological polar surface area (TPSA) is 61.8 Å². The third-order valence-electron chi connectivity index (χ3n) is 4.43. The van der Waals surface area contributed by atoms with E-state index in [9.17, 15) is 9.59 Å². The van der Waals surface area contributed by atoms with Gasteiger partial charge in [-0.1, -0.05) is 52.3 Å². The van der Waals surface area contributed by atoms with Gasteiger partial charge in [0, 0.05) is 4.47 Å². The first kappa shape index (κ1) is 22.6. The lowest BCUT2D eigenvalue weighted by Gasteiger charge is -2.11. The number of esters is 2. The lowest BCUT2D eigenvalue weighted by atomic mass is 10.1. The summed E-state index contributed by atoms with van der Waals surface area (Å²) in [7, 11) is 0. The van der Waals surface area contributed by atoms with E-state index >= 15 is 0 Å². The molecule has 0 unspecified atom stereocenters. The molecule has 3 rings (SSSR count). The lowest BCUT2D eigenvalue weighted by molar-refractivity contribution is 0.0498. The van der Waals surface area contributed by atoms with E-state index in [1.54, 1.807) is 36.4 Å². The maximum Gasteiger partial charge on any atom is 0.347 e. The van der Waals surface area contributed by atoms with Crippen molar-refractivity contribution in [3.8, 4) is 11.5 Å². The van der Waals surface area contributed by atoms with Crippen LogP contribution >= 0.6 is 15.9 Å². The highest BCUT2D eigenvalue weighted by Gasteiger charge is 2.17. The molecule has 0 radical (unpaired) electrons. The molecule has 0 aromatic heterocycles. The predicted octanol–water partition coefficient (Wildman–Crippen LogP) is 5.86. The van der Waals surface area contributed by atoms with Gasteiger partial charge in [-0.2, -0.15) is 0 Å². The SMILES string of the molecule is CCOc1ccc(Br)cc1C(=O)Oc1cccc(C(=O)OCCCc2ccccc2)c1. The molecule has 3 aromatic carbocycles. The van der Waals surface area contributed by atoms with Crippen molar-refractivity contribution in [3.63, 3.8) is 0 Å². The van der Waals surface area contributed by atoms with Crippen LogP contribution in [-0.2, 0) is 11.2 Å². The maximum atomic E-state index is 12.6. The van der Waals surface area contributed by atoms with Crippen molar-refractivity contribution >= 4 is 27.9 Å². The minimum absolute atomic E-state index is 0.256. The maximum absolute atomic E-state index is 12.6. The number of hydrogen-bond donors (Lipinski definition) is 0. The summed E-state index contributed by atoms with van der Waals surface area (Å²) in [5.74, 6) is -0.336. The van der Waals surface area contributed by atoms with E-state index < -0.39 is 11.9 Å². The Morgan fingerprint density at radius 3 is 2.48 bits per heavy atom. The van der Waals surface area contributed by atoms with Crippen LogP contribution in [-0.4, -0.2) is 25.2 Å². The predicted molar refractivity (Wildman–Crippen MR) is 122 cm³/mol. The van der Waals surface area contributed by atoms with E-state index in [1.807, 2.05) is 37.3 Å². The Hall–Kier alpha value is -3.12.